The molecule has 0 bridgehead atoms. The van der Waals surface area contributed by atoms with Gasteiger partial charge in [-0.25, -0.2) is 4.98 Å². The largest absolute Gasteiger partial charge is 0.368 e. The molecule has 0 amide bonds. The Morgan fingerprint density at radius 3 is 3.15 bits per heavy atom. The Balaban J connectivity index is 1.78. The molecular weight excluding hydrogens is 300 g/mol. The molecule has 1 aliphatic rings. The first-order valence-corrected chi connectivity index (χ1v) is 7.56. The number of hydrogen-bond acceptors (Lipinski definition) is 6. The molecule has 3 aromatic rings. The van der Waals surface area contributed by atoms with Crippen LogP contribution in [0.15, 0.2) is 16.1 Å². The van der Waals surface area contributed by atoms with E-state index in [-0.39, 0.29) is 6.10 Å². The maximum Gasteiger partial charge on any atom is 0.256 e. The Morgan fingerprint density at radius 1 is 1.45 bits per heavy atom. The summed E-state index contributed by atoms with van der Waals surface area (Å²) in [4.78, 5) is 9.50. The fourth-order valence-electron chi connectivity index (χ4n) is 2.42. The molecule has 0 unspecified atom stereocenters. The highest BCUT2D eigenvalue weighted by Crippen LogP contribution is 2.35. The third-order valence-electron chi connectivity index (χ3n) is 3.50. The highest BCUT2D eigenvalue weighted by Gasteiger charge is 2.31. The number of rotatable bonds is 2. The molecule has 0 radical (unpaired) electrons. The second kappa shape index (κ2) is 4.54. The normalized spacial score (nSPS) is 22.9. The summed E-state index contributed by atoms with van der Waals surface area (Å²) in [6.45, 7) is 2.84. The molecule has 4 heterocycles. The van der Waals surface area contributed by atoms with E-state index < -0.39 is 0 Å². The van der Waals surface area contributed by atoms with Crippen LogP contribution in [0, 0.1) is 5.92 Å². The minimum absolute atomic E-state index is 0.124. The van der Waals surface area contributed by atoms with Crippen molar-refractivity contribution in [3.05, 3.63) is 22.6 Å². The highest BCUT2D eigenvalue weighted by molar-refractivity contribution is 7.15. The second-order valence-electron chi connectivity index (χ2n) is 4.82. The number of fused-ring (bicyclic) bond motifs is 1. The molecule has 0 saturated carbocycles. The summed E-state index contributed by atoms with van der Waals surface area (Å²) < 4.78 is 12.8. The SMILES string of the molecule is C[C@@H]1CCO[C@@H]1c1nc(-c2c(Cl)nc3sccn23)no1. The van der Waals surface area contributed by atoms with E-state index in [0.717, 1.165) is 18.0 Å². The van der Waals surface area contributed by atoms with Crippen molar-refractivity contribution in [1.29, 1.82) is 0 Å². The number of nitrogens with zero attached hydrogens (tertiary/aromatic N) is 4. The first-order chi connectivity index (χ1) is 9.74. The van der Waals surface area contributed by atoms with Gasteiger partial charge in [-0.05, 0) is 12.3 Å². The first-order valence-electron chi connectivity index (χ1n) is 6.30. The number of hydrogen-bond donors (Lipinski definition) is 0. The molecule has 0 spiro atoms. The maximum absolute atomic E-state index is 6.16. The van der Waals surface area contributed by atoms with Gasteiger partial charge in [0.05, 0.1) is 0 Å². The lowest BCUT2D eigenvalue weighted by molar-refractivity contribution is 0.0661. The summed E-state index contributed by atoms with van der Waals surface area (Å²) in [5.41, 5.74) is 0.656. The van der Waals surface area contributed by atoms with Crippen LogP contribution in [0.5, 0.6) is 0 Å². The fraction of sp³-hybridized carbons (Fsp3) is 0.417. The summed E-state index contributed by atoms with van der Waals surface area (Å²) in [6.07, 6.45) is 2.77. The van der Waals surface area contributed by atoms with Crippen molar-refractivity contribution in [2.45, 2.75) is 19.4 Å². The second-order valence-corrected chi connectivity index (χ2v) is 6.05. The minimum atomic E-state index is -0.124. The molecule has 8 heteroatoms. The van der Waals surface area contributed by atoms with Crippen LogP contribution < -0.4 is 0 Å². The van der Waals surface area contributed by atoms with Gasteiger partial charge in [-0.2, -0.15) is 4.98 Å². The molecule has 2 atom stereocenters. The summed E-state index contributed by atoms with van der Waals surface area (Å²) in [5.74, 6) is 1.33. The van der Waals surface area contributed by atoms with Crippen LogP contribution in [-0.2, 0) is 4.74 Å². The zero-order valence-electron chi connectivity index (χ0n) is 10.6. The zero-order valence-corrected chi connectivity index (χ0v) is 12.2. The molecule has 0 N–H and O–H groups in total. The van der Waals surface area contributed by atoms with Crippen molar-refractivity contribution in [2.24, 2.45) is 5.92 Å². The quantitative estimate of drug-likeness (QED) is 0.727. The molecule has 4 rings (SSSR count). The lowest BCUT2D eigenvalue weighted by Gasteiger charge is -2.07. The van der Waals surface area contributed by atoms with E-state index in [1.165, 1.54) is 11.3 Å². The van der Waals surface area contributed by atoms with Crippen LogP contribution in [0.4, 0.5) is 0 Å². The summed E-state index contributed by atoms with van der Waals surface area (Å²) in [7, 11) is 0. The van der Waals surface area contributed by atoms with Gasteiger partial charge >= 0.3 is 0 Å². The van der Waals surface area contributed by atoms with Crippen molar-refractivity contribution < 1.29 is 9.26 Å². The molecule has 1 fully saturated rings. The molecule has 1 aliphatic heterocycles. The van der Waals surface area contributed by atoms with Crippen molar-refractivity contribution in [2.75, 3.05) is 6.61 Å². The highest BCUT2D eigenvalue weighted by atomic mass is 35.5. The van der Waals surface area contributed by atoms with Gasteiger partial charge < -0.3 is 9.26 Å². The standard InChI is InChI=1S/C12H11ClN4O2S/c1-6-2-4-18-8(6)11-15-10(16-19-11)7-9(13)14-12-17(7)3-5-20-12/h3,5-6,8H,2,4H2,1H3/t6-,8+/m1/s1. The maximum atomic E-state index is 6.16. The van der Waals surface area contributed by atoms with E-state index in [2.05, 4.69) is 22.0 Å². The fourth-order valence-corrected chi connectivity index (χ4v) is 3.44. The molecule has 20 heavy (non-hydrogen) atoms. The van der Waals surface area contributed by atoms with Crippen molar-refractivity contribution in [3.63, 3.8) is 0 Å². The van der Waals surface area contributed by atoms with Crippen molar-refractivity contribution in [3.8, 4) is 11.5 Å². The predicted octanol–water partition coefficient (Wildman–Crippen LogP) is 3.20. The van der Waals surface area contributed by atoms with Crippen LogP contribution in [0.25, 0.3) is 16.5 Å². The smallest absolute Gasteiger partial charge is 0.256 e. The number of ether oxygens (including phenoxy) is 1. The van der Waals surface area contributed by atoms with Gasteiger partial charge in [0.25, 0.3) is 5.89 Å². The molecule has 0 aromatic carbocycles. The van der Waals surface area contributed by atoms with Gasteiger partial charge in [0.15, 0.2) is 10.1 Å². The number of aromatic nitrogens is 4. The van der Waals surface area contributed by atoms with Gasteiger partial charge in [0.2, 0.25) is 5.82 Å². The van der Waals surface area contributed by atoms with Crippen LogP contribution in [0.1, 0.15) is 25.3 Å². The minimum Gasteiger partial charge on any atom is -0.368 e. The molecule has 104 valence electrons. The Kier molecular flexibility index (Phi) is 2.80. The van der Waals surface area contributed by atoms with Crippen LogP contribution >= 0.6 is 22.9 Å². The van der Waals surface area contributed by atoms with Crippen molar-refractivity contribution in [1.82, 2.24) is 19.5 Å². The van der Waals surface area contributed by atoms with Crippen LogP contribution in [0.2, 0.25) is 5.15 Å². The topological polar surface area (TPSA) is 65.5 Å². The lowest BCUT2D eigenvalue weighted by atomic mass is 10.0. The number of thiazole rings is 1. The van der Waals surface area contributed by atoms with E-state index in [0.29, 0.717) is 28.5 Å². The van der Waals surface area contributed by atoms with Crippen LogP contribution in [-0.4, -0.2) is 26.1 Å². The van der Waals surface area contributed by atoms with E-state index in [1.807, 2.05) is 16.0 Å². The Labute approximate surface area is 123 Å². The average molecular weight is 311 g/mol. The Morgan fingerprint density at radius 2 is 2.35 bits per heavy atom. The van der Waals surface area contributed by atoms with E-state index >= 15 is 0 Å². The third-order valence-corrected chi connectivity index (χ3v) is 4.52. The van der Waals surface area contributed by atoms with Crippen LogP contribution in [0.3, 0.4) is 0 Å². The van der Waals surface area contributed by atoms with E-state index in [4.69, 9.17) is 20.9 Å². The van der Waals surface area contributed by atoms with Crippen molar-refractivity contribution >= 4 is 27.9 Å². The Hall–Kier alpha value is -1.44. The molecule has 3 aromatic heterocycles. The monoisotopic (exact) mass is 310 g/mol. The summed E-state index contributed by atoms with van der Waals surface area (Å²) in [5, 5.41) is 6.34. The van der Waals surface area contributed by atoms with E-state index in [9.17, 15) is 0 Å². The summed E-state index contributed by atoms with van der Waals surface area (Å²) in [6, 6.07) is 0. The average Bonchev–Trinajstić information content (AvgIpc) is 3.12. The Bertz CT molecular complexity index is 765. The predicted molar refractivity (Wildman–Crippen MR) is 73.8 cm³/mol. The van der Waals surface area contributed by atoms with Gasteiger partial charge in [-0.3, -0.25) is 4.40 Å². The van der Waals surface area contributed by atoms with Gasteiger partial charge in [-0.1, -0.05) is 23.7 Å². The third kappa shape index (κ3) is 1.77. The number of halogens is 1. The lowest BCUT2D eigenvalue weighted by Crippen LogP contribution is -2.04. The zero-order chi connectivity index (χ0) is 13.7. The molecule has 6 nitrogen and oxygen atoms in total. The first kappa shape index (κ1) is 12.3. The van der Waals surface area contributed by atoms with Gasteiger partial charge in [0.1, 0.15) is 11.8 Å². The van der Waals surface area contributed by atoms with Gasteiger partial charge in [-0.15, -0.1) is 11.3 Å². The van der Waals surface area contributed by atoms with E-state index in [1.54, 1.807) is 0 Å². The van der Waals surface area contributed by atoms with Gasteiger partial charge in [0, 0.05) is 18.2 Å². The molecular formula is C12H11ClN4O2S. The summed E-state index contributed by atoms with van der Waals surface area (Å²) >= 11 is 7.67. The molecule has 0 aliphatic carbocycles. The molecule has 1 saturated heterocycles. The number of imidazole rings is 1.